The maximum atomic E-state index is 12.1. The number of nitrogens with one attached hydrogen (secondary N) is 2. The van der Waals surface area contributed by atoms with Crippen LogP contribution in [0.2, 0.25) is 0 Å². The summed E-state index contributed by atoms with van der Waals surface area (Å²) in [6.07, 6.45) is 4.67. The van der Waals surface area contributed by atoms with Crippen LogP contribution in [0.1, 0.15) is 18.1 Å². The second kappa shape index (κ2) is 8.05. The van der Waals surface area contributed by atoms with Crippen molar-refractivity contribution in [2.75, 3.05) is 10.6 Å². The quantitative estimate of drug-likeness (QED) is 0.679. The Labute approximate surface area is 155 Å². The third-order valence-corrected chi connectivity index (χ3v) is 3.72. The standard InChI is InChI=1S/C19H18N6O2/c1-13-11-17(8-9-18(13)25-12-20-23-24-25)22-19(27)10-5-15-3-6-16(7-4-15)21-14(2)26/h3-12H,1-2H3,(H,21,26)(H,22,27)/b10-5+. The van der Waals surface area contributed by atoms with E-state index in [2.05, 4.69) is 26.2 Å². The molecule has 27 heavy (non-hydrogen) atoms. The lowest BCUT2D eigenvalue weighted by Crippen LogP contribution is -2.08. The van der Waals surface area contributed by atoms with Gasteiger partial charge in [-0.2, -0.15) is 0 Å². The summed E-state index contributed by atoms with van der Waals surface area (Å²) < 4.78 is 1.56. The molecule has 3 aromatic rings. The molecule has 2 N–H and O–H groups in total. The van der Waals surface area contributed by atoms with Gasteiger partial charge in [0.15, 0.2) is 0 Å². The Balaban J connectivity index is 1.62. The Morgan fingerprint density at radius 2 is 1.78 bits per heavy atom. The van der Waals surface area contributed by atoms with Gasteiger partial charge in [0, 0.05) is 24.4 Å². The van der Waals surface area contributed by atoms with E-state index in [1.54, 1.807) is 29.0 Å². The van der Waals surface area contributed by atoms with E-state index in [0.29, 0.717) is 11.4 Å². The summed E-state index contributed by atoms with van der Waals surface area (Å²) in [4.78, 5) is 23.1. The number of aryl methyl sites for hydroxylation is 1. The number of nitrogens with zero attached hydrogens (tertiary/aromatic N) is 4. The number of amides is 2. The number of hydrogen-bond acceptors (Lipinski definition) is 5. The number of rotatable bonds is 5. The zero-order valence-corrected chi connectivity index (χ0v) is 14.9. The lowest BCUT2D eigenvalue weighted by Gasteiger charge is -2.08. The van der Waals surface area contributed by atoms with Crippen LogP contribution in [0.3, 0.4) is 0 Å². The van der Waals surface area contributed by atoms with Gasteiger partial charge in [-0.3, -0.25) is 9.59 Å². The molecule has 8 heteroatoms. The maximum absolute atomic E-state index is 12.1. The molecule has 0 saturated carbocycles. The van der Waals surface area contributed by atoms with E-state index in [1.165, 1.54) is 19.3 Å². The van der Waals surface area contributed by atoms with Crippen molar-refractivity contribution in [2.45, 2.75) is 13.8 Å². The number of anilines is 2. The molecule has 3 rings (SSSR count). The molecule has 0 fully saturated rings. The molecule has 0 spiro atoms. The molecule has 0 radical (unpaired) electrons. The fraction of sp³-hybridized carbons (Fsp3) is 0.105. The Morgan fingerprint density at radius 3 is 2.41 bits per heavy atom. The average molecular weight is 362 g/mol. The van der Waals surface area contributed by atoms with E-state index >= 15 is 0 Å². The molecule has 0 aliphatic rings. The predicted molar refractivity (Wildman–Crippen MR) is 102 cm³/mol. The smallest absolute Gasteiger partial charge is 0.248 e. The molecular weight excluding hydrogens is 344 g/mol. The van der Waals surface area contributed by atoms with Gasteiger partial charge in [-0.1, -0.05) is 12.1 Å². The second-order valence-corrected chi connectivity index (χ2v) is 5.88. The molecule has 2 aromatic carbocycles. The van der Waals surface area contributed by atoms with Gasteiger partial charge in [-0.15, -0.1) is 5.10 Å². The molecule has 0 saturated heterocycles. The summed E-state index contributed by atoms with van der Waals surface area (Å²) in [6.45, 7) is 3.37. The molecule has 0 unspecified atom stereocenters. The van der Waals surface area contributed by atoms with Crippen LogP contribution in [0.4, 0.5) is 11.4 Å². The molecule has 136 valence electrons. The van der Waals surface area contributed by atoms with Gasteiger partial charge < -0.3 is 10.6 Å². The summed E-state index contributed by atoms with van der Waals surface area (Å²) in [6, 6.07) is 12.7. The minimum atomic E-state index is -0.240. The van der Waals surface area contributed by atoms with Crippen molar-refractivity contribution >= 4 is 29.3 Å². The maximum Gasteiger partial charge on any atom is 0.248 e. The number of aromatic nitrogens is 4. The highest BCUT2D eigenvalue weighted by atomic mass is 16.2. The summed E-state index contributed by atoms with van der Waals surface area (Å²) in [5, 5.41) is 16.6. The van der Waals surface area contributed by atoms with Gasteiger partial charge in [0.05, 0.1) is 5.69 Å². The average Bonchev–Trinajstić information content (AvgIpc) is 3.15. The molecule has 0 atom stereocenters. The molecule has 0 bridgehead atoms. The van der Waals surface area contributed by atoms with E-state index < -0.39 is 0 Å². The highest BCUT2D eigenvalue weighted by molar-refractivity contribution is 6.02. The first-order valence-electron chi connectivity index (χ1n) is 8.22. The van der Waals surface area contributed by atoms with Crippen molar-refractivity contribution in [1.82, 2.24) is 20.2 Å². The molecule has 8 nitrogen and oxygen atoms in total. The van der Waals surface area contributed by atoms with Crippen molar-refractivity contribution in [3.63, 3.8) is 0 Å². The Morgan fingerprint density at radius 1 is 1.04 bits per heavy atom. The second-order valence-electron chi connectivity index (χ2n) is 5.88. The minimum absolute atomic E-state index is 0.126. The first kappa shape index (κ1) is 18.0. The number of carbonyl (C=O) groups excluding carboxylic acids is 2. The van der Waals surface area contributed by atoms with Crippen molar-refractivity contribution in [1.29, 1.82) is 0 Å². The van der Waals surface area contributed by atoms with Crippen LogP contribution >= 0.6 is 0 Å². The summed E-state index contributed by atoms with van der Waals surface area (Å²) in [7, 11) is 0. The number of hydrogen-bond donors (Lipinski definition) is 2. The Bertz CT molecular complexity index is 978. The highest BCUT2D eigenvalue weighted by Gasteiger charge is 2.05. The largest absolute Gasteiger partial charge is 0.326 e. The fourth-order valence-corrected chi connectivity index (χ4v) is 2.50. The van der Waals surface area contributed by atoms with E-state index in [1.807, 2.05) is 31.2 Å². The van der Waals surface area contributed by atoms with Crippen molar-refractivity contribution in [3.05, 3.63) is 66.0 Å². The Kier molecular flexibility index (Phi) is 5.36. The van der Waals surface area contributed by atoms with Gasteiger partial charge in [0.1, 0.15) is 6.33 Å². The van der Waals surface area contributed by atoms with Crippen LogP contribution < -0.4 is 10.6 Å². The van der Waals surface area contributed by atoms with E-state index in [0.717, 1.165) is 16.8 Å². The number of benzene rings is 2. The normalized spacial score (nSPS) is 10.7. The van der Waals surface area contributed by atoms with Crippen molar-refractivity contribution < 1.29 is 9.59 Å². The molecular formula is C19H18N6O2. The molecule has 1 aromatic heterocycles. The molecule has 0 aliphatic heterocycles. The summed E-state index contributed by atoms with van der Waals surface area (Å²) >= 11 is 0. The van der Waals surface area contributed by atoms with E-state index in [4.69, 9.17) is 0 Å². The van der Waals surface area contributed by atoms with Crippen molar-refractivity contribution in [2.24, 2.45) is 0 Å². The van der Waals surface area contributed by atoms with Gasteiger partial charge >= 0.3 is 0 Å². The topological polar surface area (TPSA) is 102 Å². The minimum Gasteiger partial charge on any atom is -0.326 e. The zero-order chi connectivity index (χ0) is 19.2. The molecule has 1 heterocycles. The molecule has 0 aliphatic carbocycles. The molecule has 2 amide bonds. The van der Waals surface area contributed by atoms with Crippen LogP contribution in [0.5, 0.6) is 0 Å². The van der Waals surface area contributed by atoms with Gasteiger partial charge in [-0.05, 0) is 64.9 Å². The zero-order valence-electron chi connectivity index (χ0n) is 14.9. The van der Waals surface area contributed by atoms with Crippen LogP contribution in [-0.4, -0.2) is 32.0 Å². The lowest BCUT2D eigenvalue weighted by atomic mass is 10.1. The number of carbonyl (C=O) groups is 2. The Hall–Kier alpha value is -3.81. The highest BCUT2D eigenvalue weighted by Crippen LogP contribution is 2.18. The van der Waals surface area contributed by atoms with Crippen LogP contribution in [0.15, 0.2) is 54.9 Å². The van der Waals surface area contributed by atoms with Gasteiger partial charge in [0.2, 0.25) is 11.8 Å². The number of tetrazole rings is 1. The lowest BCUT2D eigenvalue weighted by molar-refractivity contribution is -0.114. The SMILES string of the molecule is CC(=O)Nc1ccc(/C=C/C(=O)Nc2ccc(-n3cnnn3)c(C)c2)cc1. The van der Waals surface area contributed by atoms with E-state index in [9.17, 15) is 9.59 Å². The third-order valence-electron chi connectivity index (χ3n) is 3.72. The van der Waals surface area contributed by atoms with Gasteiger partial charge in [-0.25, -0.2) is 4.68 Å². The third kappa shape index (κ3) is 4.85. The fourth-order valence-electron chi connectivity index (χ4n) is 2.50. The van der Waals surface area contributed by atoms with E-state index in [-0.39, 0.29) is 11.8 Å². The summed E-state index contributed by atoms with van der Waals surface area (Å²) in [5.41, 5.74) is 4.01. The first-order valence-corrected chi connectivity index (χ1v) is 8.22. The predicted octanol–water partition coefficient (Wildman–Crippen LogP) is 2.58. The van der Waals surface area contributed by atoms with Gasteiger partial charge in [0.25, 0.3) is 0 Å². The van der Waals surface area contributed by atoms with Crippen molar-refractivity contribution in [3.8, 4) is 5.69 Å². The first-order chi connectivity index (χ1) is 13.0. The van der Waals surface area contributed by atoms with Crippen LogP contribution in [0.25, 0.3) is 11.8 Å². The summed E-state index contributed by atoms with van der Waals surface area (Å²) in [5.74, 6) is -0.366. The van der Waals surface area contributed by atoms with Crippen LogP contribution in [-0.2, 0) is 9.59 Å². The monoisotopic (exact) mass is 362 g/mol. The van der Waals surface area contributed by atoms with Crippen LogP contribution in [0, 0.1) is 6.92 Å².